The Balaban J connectivity index is 1.97. The molecule has 0 bridgehead atoms. The number of hydrogen-bond acceptors (Lipinski definition) is 1. The third-order valence-electron chi connectivity index (χ3n) is 4.69. The van der Waals surface area contributed by atoms with Crippen molar-refractivity contribution in [3.05, 3.63) is 71.3 Å². The molecule has 0 spiro atoms. The lowest BCUT2D eigenvalue weighted by Crippen LogP contribution is -2.04. The van der Waals surface area contributed by atoms with E-state index in [1.165, 1.54) is 38.6 Å². The lowest BCUT2D eigenvalue weighted by Gasteiger charge is -2.13. The monoisotopic (exact) mass is 273 g/mol. The van der Waals surface area contributed by atoms with E-state index in [1.54, 1.807) is 0 Å². The van der Waals surface area contributed by atoms with Gasteiger partial charge in [-0.3, -0.25) is 0 Å². The molecule has 0 saturated heterocycles. The number of nitrogens with two attached hydrogens (primary N) is 1. The molecule has 1 nitrogen and oxygen atoms in total. The minimum absolute atomic E-state index is 0.225. The first-order valence-electron chi connectivity index (χ1n) is 7.61. The fourth-order valence-corrected chi connectivity index (χ4v) is 3.57. The van der Waals surface area contributed by atoms with Gasteiger partial charge in [0, 0.05) is 6.04 Å². The molecule has 0 saturated carbocycles. The van der Waals surface area contributed by atoms with Crippen LogP contribution in [0, 0.1) is 6.92 Å². The summed E-state index contributed by atoms with van der Waals surface area (Å²) in [6.07, 6.45) is 2.18. The van der Waals surface area contributed by atoms with Gasteiger partial charge in [0.15, 0.2) is 0 Å². The van der Waals surface area contributed by atoms with E-state index in [-0.39, 0.29) is 6.04 Å². The number of hydrogen-bond donors (Lipinski definition) is 1. The van der Waals surface area contributed by atoms with Crippen molar-refractivity contribution in [1.29, 1.82) is 0 Å². The van der Waals surface area contributed by atoms with Gasteiger partial charge in [-0.25, -0.2) is 0 Å². The molecule has 0 radical (unpaired) electrons. The van der Waals surface area contributed by atoms with Crippen LogP contribution in [0.15, 0.2) is 54.6 Å². The molecule has 4 rings (SSSR count). The van der Waals surface area contributed by atoms with Gasteiger partial charge in [0.25, 0.3) is 0 Å². The molecule has 3 aromatic carbocycles. The molecule has 0 aromatic heterocycles. The maximum atomic E-state index is 6.16. The van der Waals surface area contributed by atoms with Crippen molar-refractivity contribution >= 4 is 10.8 Å². The number of rotatable bonds is 1. The quantitative estimate of drug-likeness (QED) is 0.679. The predicted octanol–water partition coefficient (Wildman–Crippen LogP) is 4.76. The second-order valence-electron chi connectivity index (χ2n) is 6.04. The molecule has 0 aliphatic heterocycles. The number of benzene rings is 3. The summed E-state index contributed by atoms with van der Waals surface area (Å²) < 4.78 is 0. The van der Waals surface area contributed by atoms with Crippen LogP contribution in [0.4, 0.5) is 0 Å². The summed E-state index contributed by atoms with van der Waals surface area (Å²) in [6.45, 7) is 2.20. The van der Waals surface area contributed by atoms with Crippen molar-refractivity contribution in [3.63, 3.8) is 0 Å². The van der Waals surface area contributed by atoms with Gasteiger partial charge >= 0.3 is 0 Å². The average Bonchev–Trinajstić information content (AvgIpc) is 2.88. The average molecular weight is 273 g/mol. The summed E-state index contributed by atoms with van der Waals surface area (Å²) in [5, 5.41) is 2.63. The van der Waals surface area contributed by atoms with Crippen LogP contribution in [0.2, 0.25) is 0 Å². The van der Waals surface area contributed by atoms with Gasteiger partial charge in [-0.2, -0.15) is 0 Å². The highest BCUT2D eigenvalue weighted by Crippen LogP contribution is 2.36. The second-order valence-corrected chi connectivity index (χ2v) is 6.04. The summed E-state index contributed by atoms with van der Waals surface area (Å²) in [5.74, 6) is 0. The highest BCUT2D eigenvalue weighted by Gasteiger charge is 2.19. The van der Waals surface area contributed by atoms with E-state index in [2.05, 4.69) is 61.5 Å². The van der Waals surface area contributed by atoms with Gasteiger partial charge in [0.05, 0.1) is 0 Å². The molecule has 0 heterocycles. The Hall–Kier alpha value is -2.12. The maximum absolute atomic E-state index is 6.16. The van der Waals surface area contributed by atoms with Crippen LogP contribution >= 0.6 is 0 Å². The molecule has 3 aromatic rings. The van der Waals surface area contributed by atoms with Crippen LogP contribution in [0.5, 0.6) is 0 Å². The Morgan fingerprint density at radius 3 is 2.76 bits per heavy atom. The smallest absolute Gasteiger partial charge is 0.0300 e. The van der Waals surface area contributed by atoms with Crippen molar-refractivity contribution in [2.24, 2.45) is 5.73 Å². The third-order valence-corrected chi connectivity index (χ3v) is 4.69. The van der Waals surface area contributed by atoms with Gasteiger partial charge in [-0.1, -0.05) is 54.6 Å². The summed E-state index contributed by atoms with van der Waals surface area (Å²) in [5.41, 5.74) is 12.9. The molecule has 0 amide bonds. The van der Waals surface area contributed by atoms with Gasteiger partial charge in [0.1, 0.15) is 0 Å². The lowest BCUT2D eigenvalue weighted by atomic mass is 9.92. The first-order valence-corrected chi connectivity index (χ1v) is 7.61. The Morgan fingerprint density at radius 2 is 1.86 bits per heavy atom. The molecule has 1 unspecified atom stereocenters. The van der Waals surface area contributed by atoms with E-state index in [4.69, 9.17) is 5.73 Å². The molecule has 104 valence electrons. The molecule has 2 N–H and O–H groups in total. The zero-order chi connectivity index (χ0) is 14.4. The zero-order valence-corrected chi connectivity index (χ0v) is 12.3. The second kappa shape index (κ2) is 4.71. The highest BCUT2D eigenvalue weighted by atomic mass is 14.6. The van der Waals surface area contributed by atoms with E-state index >= 15 is 0 Å². The van der Waals surface area contributed by atoms with Gasteiger partial charge in [-0.15, -0.1) is 0 Å². The Bertz CT molecular complexity index is 832. The summed E-state index contributed by atoms with van der Waals surface area (Å²) in [7, 11) is 0. The summed E-state index contributed by atoms with van der Waals surface area (Å²) in [6, 6.07) is 20.1. The third kappa shape index (κ3) is 1.97. The van der Waals surface area contributed by atoms with Crippen molar-refractivity contribution in [1.82, 2.24) is 0 Å². The number of fused-ring (bicyclic) bond motifs is 2. The van der Waals surface area contributed by atoms with Crippen molar-refractivity contribution in [2.75, 3.05) is 0 Å². The minimum atomic E-state index is 0.225. The van der Waals surface area contributed by atoms with Gasteiger partial charge in [0.2, 0.25) is 0 Å². The Kier molecular flexibility index (Phi) is 2.83. The fourth-order valence-electron chi connectivity index (χ4n) is 3.57. The van der Waals surface area contributed by atoms with Crippen molar-refractivity contribution in [2.45, 2.75) is 25.8 Å². The molecular weight excluding hydrogens is 254 g/mol. The van der Waals surface area contributed by atoms with E-state index in [0.717, 1.165) is 12.8 Å². The number of aryl methyl sites for hydroxylation is 2. The van der Waals surface area contributed by atoms with Gasteiger partial charge in [-0.05, 0) is 58.4 Å². The largest absolute Gasteiger partial charge is 0.324 e. The normalized spacial score (nSPS) is 17.1. The van der Waals surface area contributed by atoms with Crippen LogP contribution < -0.4 is 5.73 Å². The highest BCUT2D eigenvalue weighted by molar-refractivity contribution is 5.98. The van der Waals surface area contributed by atoms with Crippen molar-refractivity contribution in [3.8, 4) is 11.1 Å². The maximum Gasteiger partial charge on any atom is 0.0300 e. The first-order chi connectivity index (χ1) is 10.2. The topological polar surface area (TPSA) is 26.0 Å². The first kappa shape index (κ1) is 12.6. The molecule has 1 heteroatoms. The van der Waals surface area contributed by atoms with Gasteiger partial charge < -0.3 is 5.73 Å². The zero-order valence-electron chi connectivity index (χ0n) is 12.3. The van der Waals surface area contributed by atoms with E-state index < -0.39 is 0 Å². The molecule has 1 atom stereocenters. The van der Waals surface area contributed by atoms with Crippen LogP contribution in [-0.4, -0.2) is 0 Å². The van der Waals surface area contributed by atoms with E-state index in [0.29, 0.717) is 0 Å². The molecule has 1 aliphatic rings. The fraction of sp³-hybridized carbons (Fsp3) is 0.200. The molecule has 0 fully saturated rings. The van der Waals surface area contributed by atoms with E-state index in [9.17, 15) is 0 Å². The molecular formula is C20H19N. The lowest BCUT2D eigenvalue weighted by molar-refractivity contribution is 0.713. The van der Waals surface area contributed by atoms with Crippen LogP contribution in [0.3, 0.4) is 0 Å². The van der Waals surface area contributed by atoms with Crippen LogP contribution in [-0.2, 0) is 6.42 Å². The van der Waals surface area contributed by atoms with Crippen LogP contribution in [0.25, 0.3) is 21.9 Å². The van der Waals surface area contributed by atoms with Crippen LogP contribution in [0.1, 0.15) is 29.2 Å². The SMILES string of the molecule is Cc1ccc2ccccc2c1-c1ccc2c(c1)CCC2N. The molecule has 1 aliphatic carbocycles. The predicted molar refractivity (Wildman–Crippen MR) is 89.4 cm³/mol. The van der Waals surface area contributed by atoms with Crippen molar-refractivity contribution < 1.29 is 0 Å². The summed E-state index contributed by atoms with van der Waals surface area (Å²) >= 11 is 0. The Morgan fingerprint density at radius 1 is 1.00 bits per heavy atom. The van der Waals surface area contributed by atoms with E-state index in [1.807, 2.05) is 0 Å². The minimum Gasteiger partial charge on any atom is -0.324 e. The summed E-state index contributed by atoms with van der Waals surface area (Å²) in [4.78, 5) is 0. The molecule has 21 heavy (non-hydrogen) atoms. The standard InChI is InChI=1S/C20H19N/c1-13-6-7-14-4-2-3-5-18(14)20(13)16-8-10-17-15(12-16)9-11-19(17)21/h2-8,10,12,19H,9,11,21H2,1H3. The Labute approximate surface area is 125 Å².